The van der Waals surface area contributed by atoms with Gasteiger partial charge in [-0.1, -0.05) is 6.92 Å². The third-order valence-corrected chi connectivity index (χ3v) is 3.98. The summed E-state index contributed by atoms with van der Waals surface area (Å²) >= 11 is 1.92. The SMILES string of the molecule is C[C@@H](CC(=O)O)C[C@@H](N)CSCC1CC1. The summed E-state index contributed by atoms with van der Waals surface area (Å²) in [5.74, 6) is 2.62. The summed E-state index contributed by atoms with van der Waals surface area (Å²) in [5, 5.41) is 8.61. The molecule has 3 N–H and O–H groups in total. The van der Waals surface area contributed by atoms with Gasteiger partial charge in [0.15, 0.2) is 0 Å². The molecule has 0 aromatic heterocycles. The van der Waals surface area contributed by atoms with Crippen molar-refractivity contribution in [1.29, 1.82) is 0 Å². The fourth-order valence-corrected chi connectivity index (χ4v) is 2.88. The lowest BCUT2D eigenvalue weighted by Crippen LogP contribution is -2.26. The predicted octanol–water partition coefficient (Wildman–Crippen LogP) is 1.96. The van der Waals surface area contributed by atoms with E-state index in [4.69, 9.17) is 10.8 Å². The van der Waals surface area contributed by atoms with E-state index >= 15 is 0 Å². The van der Waals surface area contributed by atoms with Gasteiger partial charge in [-0.25, -0.2) is 0 Å². The van der Waals surface area contributed by atoms with Gasteiger partial charge < -0.3 is 10.8 Å². The highest BCUT2D eigenvalue weighted by atomic mass is 32.2. The molecule has 1 aliphatic carbocycles. The largest absolute Gasteiger partial charge is 0.481 e. The number of hydrogen-bond donors (Lipinski definition) is 2. The van der Waals surface area contributed by atoms with Gasteiger partial charge in [-0.15, -0.1) is 0 Å². The second-order valence-electron chi connectivity index (χ2n) is 4.68. The molecule has 0 radical (unpaired) electrons. The van der Waals surface area contributed by atoms with Gasteiger partial charge >= 0.3 is 5.97 Å². The molecule has 15 heavy (non-hydrogen) atoms. The van der Waals surface area contributed by atoms with Gasteiger partial charge in [-0.3, -0.25) is 4.79 Å². The average Bonchev–Trinajstić information content (AvgIpc) is 2.85. The minimum Gasteiger partial charge on any atom is -0.481 e. The molecular formula is C11H21NO2S. The van der Waals surface area contributed by atoms with Crippen LogP contribution in [0.1, 0.15) is 32.6 Å². The highest BCUT2D eigenvalue weighted by molar-refractivity contribution is 7.99. The second kappa shape index (κ2) is 6.38. The molecule has 1 fully saturated rings. The molecule has 2 atom stereocenters. The van der Waals surface area contributed by atoms with Gasteiger partial charge in [0.25, 0.3) is 0 Å². The first kappa shape index (κ1) is 12.8. The monoisotopic (exact) mass is 231 g/mol. The van der Waals surface area contributed by atoms with E-state index in [9.17, 15) is 4.79 Å². The Balaban J connectivity index is 1.99. The second-order valence-corrected chi connectivity index (χ2v) is 5.75. The van der Waals surface area contributed by atoms with E-state index in [0.717, 1.165) is 18.1 Å². The van der Waals surface area contributed by atoms with Crippen LogP contribution in [0.15, 0.2) is 0 Å². The maximum atomic E-state index is 10.5. The molecule has 4 heteroatoms. The molecule has 1 aliphatic rings. The van der Waals surface area contributed by atoms with E-state index in [-0.39, 0.29) is 18.4 Å². The van der Waals surface area contributed by atoms with Crippen LogP contribution in [-0.2, 0) is 4.79 Å². The summed E-state index contributed by atoms with van der Waals surface area (Å²) in [4.78, 5) is 10.5. The Kier molecular flexibility index (Phi) is 5.47. The van der Waals surface area contributed by atoms with E-state index in [1.165, 1.54) is 18.6 Å². The smallest absolute Gasteiger partial charge is 0.303 e. The van der Waals surface area contributed by atoms with Crippen LogP contribution in [0.5, 0.6) is 0 Å². The Bertz CT molecular complexity index is 207. The minimum absolute atomic E-state index is 0.156. The fourth-order valence-electron chi connectivity index (χ4n) is 1.64. The van der Waals surface area contributed by atoms with Crippen molar-refractivity contribution in [2.75, 3.05) is 11.5 Å². The summed E-state index contributed by atoms with van der Waals surface area (Å²) < 4.78 is 0. The number of aliphatic carboxylic acids is 1. The number of hydrogen-bond acceptors (Lipinski definition) is 3. The van der Waals surface area contributed by atoms with Crippen LogP contribution in [0, 0.1) is 11.8 Å². The molecule has 1 saturated carbocycles. The minimum atomic E-state index is -0.722. The topological polar surface area (TPSA) is 63.3 Å². The van der Waals surface area contributed by atoms with Crippen molar-refractivity contribution < 1.29 is 9.90 Å². The Labute approximate surface area is 95.8 Å². The van der Waals surface area contributed by atoms with Crippen LogP contribution in [0.4, 0.5) is 0 Å². The maximum Gasteiger partial charge on any atom is 0.303 e. The Hall–Kier alpha value is -0.220. The van der Waals surface area contributed by atoms with Crippen LogP contribution in [0.2, 0.25) is 0 Å². The number of rotatable bonds is 8. The third-order valence-electron chi connectivity index (χ3n) is 2.61. The molecular weight excluding hydrogens is 210 g/mol. The zero-order valence-corrected chi connectivity index (χ0v) is 10.1. The maximum absolute atomic E-state index is 10.5. The number of carbonyl (C=O) groups is 1. The van der Waals surface area contributed by atoms with Crippen LogP contribution >= 0.6 is 11.8 Å². The molecule has 0 bridgehead atoms. The first-order valence-corrected chi connectivity index (χ1v) is 6.78. The number of nitrogens with two attached hydrogens (primary N) is 1. The van der Waals surface area contributed by atoms with Gasteiger partial charge in [0, 0.05) is 18.2 Å². The van der Waals surface area contributed by atoms with Crippen molar-refractivity contribution in [2.45, 2.75) is 38.6 Å². The molecule has 0 aromatic rings. The van der Waals surface area contributed by atoms with Crippen molar-refractivity contribution in [3.63, 3.8) is 0 Å². The van der Waals surface area contributed by atoms with Crippen molar-refractivity contribution >= 4 is 17.7 Å². The average molecular weight is 231 g/mol. The van der Waals surface area contributed by atoms with E-state index in [1.54, 1.807) is 0 Å². The van der Waals surface area contributed by atoms with Gasteiger partial charge in [0.2, 0.25) is 0 Å². The van der Waals surface area contributed by atoms with Crippen molar-refractivity contribution in [1.82, 2.24) is 0 Å². The van der Waals surface area contributed by atoms with Crippen molar-refractivity contribution in [3.05, 3.63) is 0 Å². The molecule has 0 aromatic carbocycles. The first-order chi connectivity index (χ1) is 7.08. The first-order valence-electron chi connectivity index (χ1n) is 5.63. The zero-order chi connectivity index (χ0) is 11.3. The van der Waals surface area contributed by atoms with Gasteiger partial charge in [0.05, 0.1) is 0 Å². The van der Waals surface area contributed by atoms with Crippen LogP contribution < -0.4 is 5.73 Å². The third kappa shape index (κ3) is 6.79. The molecule has 0 heterocycles. The van der Waals surface area contributed by atoms with Gasteiger partial charge in [0.1, 0.15) is 0 Å². The summed E-state index contributed by atoms with van der Waals surface area (Å²) in [6.45, 7) is 1.96. The Morgan fingerprint density at radius 1 is 1.60 bits per heavy atom. The Morgan fingerprint density at radius 2 is 2.27 bits per heavy atom. The standard InChI is InChI=1S/C11H21NO2S/c1-8(5-11(13)14)4-10(12)7-15-6-9-2-3-9/h8-10H,2-7,12H2,1H3,(H,13,14)/t8-,10-/m1/s1. The number of carboxylic acid groups (broad SMARTS) is 1. The van der Waals surface area contributed by atoms with Crippen LogP contribution in [0.25, 0.3) is 0 Å². The highest BCUT2D eigenvalue weighted by Crippen LogP contribution is 2.32. The summed E-state index contributed by atoms with van der Waals surface area (Å²) in [6, 6.07) is 0.156. The fraction of sp³-hybridized carbons (Fsp3) is 0.909. The van der Waals surface area contributed by atoms with Gasteiger partial charge in [-0.05, 0) is 36.9 Å². The lowest BCUT2D eigenvalue weighted by Gasteiger charge is -2.15. The van der Waals surface area contributed by atoms with E-state index < -0.39 is 5.97 Å². The van der Waals surface area contributed by atoms with Crippen molar-refractivity contribution in [3.8, 4) is 0 Å². The molecule has 0 amide bonds. The highest BCUT2D eigenvalue weighted by Gasteiger charge is 2.21. The Morgan fingerprint density at radius 3 is 2.80 bits per heavy atom. The molecule has 0 saturated heterocycles. The van der Waals surface area contributed by atoms with E-state index in [1.807, 2.05) is 18.7 Å². The molecule has 1 rings (SSSR count). The van der Waals surface area contributed by atoms with E-state index in [0.29, 0.717) is 0 Å². The van der Waals surface area contributed by atoms with Gasteiger partial charge in [-0.2, -0.15) is 11.8 Å². The lowest BCUT2D eigenvalue weighted by atomic mass is 10.00. The van der Waals surface area contributed by atoms with Crippen LogP contribution in [0.3, 0.4) is 0 Å². The normalized spacial score (nSPS) is 19.9. The summed E-state index contributed by atoms with van der Waals surface area (Å²) in [6.07, 6.45) is 3.83. The number of carboxylic acids is 1. The molecule has 0 aliphatic heterocycles. The zero-order valence-electron chi connectivity index (χ0n) is 9.32. The molecule has 88 valence electrons. The molecule has 3 nitrogen and oxygen atoms in total. The van der Waals surface area contributed by atoms with E-state index in [2.05, 4.69) is 0 Å². The number of thioether (sulfide) groups is 1. The summed E-state index contributed by atoms with van der Waals surface area (Å²) in [5.41, 5.74) is 5.94. The van der Waals surface area contributed by atoms with Crippen molar-refractivity contribution in [2.24, 2.45) is 17.6 Å². The summed E-state index contributed by atoms with van der Waals surface area (Å²) in [7, 11) is 0. The predicted molar refractivity (Wildman–Crippen MR) is 64.1 cm³/mol. The molecule has 0 unspecified atom stereocenters. The quantitative estimate of drug-likeness (QED) is 0.670. The lowest BCUT2D eigenvalue weighted by molar-refractivity contribution is -0.138. The van der Waals surface area contributed by atoms with Crippen LogP contribution in [-0.4, -0.2) is 28.6 Å². The molecule has 0 spiro atoms.